The average Bonchev–Trinajstić information content (AvgIpc) is 3.47. The van der Waals surface area contributed by atoms with Gasteiger partial charge in [0.2, 0.25) is 12.2 Å². The van der Waals surface area contributed by atoms with E-state index in [9.17, 15) is 9.18 Å². The Bertz CT molecular complexity index is 1650. The summed E-state index contributed by atoms with van der Waals surface area (Å²) in [6.45, 7) is 2.47. The monoisotopic (exact) mass is 565 g/mol. The number of H-pyrrole nitrogens is 1. The second-order valence-electron chi connectivity index (χ2n) is 10.2. The molecule has 1 fully saturated rings. The molecule has 212 valence electrons. The summed E-state index contributed by atoms with van der Waals surface area (Å²) in [5.74, 6) is 0.461. The standard InChI is InChI=1S/C32H28FN5O4/c1-32(30(39)35-18-21-8-4-2-5-9-21)19-40-29(41-20-32)28-37-26(22-12-14-23(33)15-13-22)27(38-28)25-16-17-34-31(36-25)42-24-10-6-3-7-11-24/h2-17,29H,18-20H2,1H3,(H,35,39)(H,37,38). The van der Waals surface area contributed by atoms with E-state index in [-0.39, 0.29) is 30.9 Å². The van der Waals surface area contributed by atoms with Crippen molar-refractivity contribution in [3.05, 3.63) is 114 Å². The second kappa shape index (κ2) is 11.9. The van der Waals surface area contributed by atoms with Crippen molar-refractivity contribution in [3.8, 4) is 34.4 Å². The molecular formula is C32H28FN5O4. The number of hydrogen-bond donors (Lipinski definition) is 2. The molecule has 1 amide bonds. The fraction of sp³-hybridized carbons (Fsp3) is 0.188. The number of ether oxygens (including phenoxy) is 3. The summed E-state index contributed by atoms with van der Waals surface area (Å²) in [4.78, 5) is 29.9. The lowest BCUT2D eigenvalue weighted by Gasteiger charge is -2.35. The SMILES string of the molecule is CC1(C(=O)NCc2ccccc2)COC(c2nc(-c3ccc(F)cc3)c(-c3ccnc(Oc4ccccc4)n3)[nH]2)OC1. The smallest absolute Gasteiger partial charge is 0.322 e. The molecule has 2 N–H and O–H groups in total. The van der Waals surface area contributed by atoms with Crippen LogP contribution in [0.25, 0.3) is 22.6 Å². The number of rotatable bonds is 8. The molecule has 5 aromatic rings. The average molecular weight is 566 g/mol. The highest BCUT2D eigenvalue weighted by Crippen LogP contribution is 2.36. The summed E-state index contributed by atoms with van der Waals surface area (Å²) in [5.41, 5.74) is 2.38. The van der Waals surface area contributed by atoms with E-state index in [4.69, 9.17) is 19.2 Å². The van der Waals surface area contributed by atoms with Gasteiger partial charge in [-0.3, -0.25) is 4.79 Å². The van der Waals surface area contributed by atoms with Gasteiger partial charge < -0.3 is 24.5 Å². The summed E-state index contributed by atoms with van der Waals surface area (Å²) in [7, 11) is 0. The van der Waals surface area contributed by atoms with Gasteiger partial charge in [-0.25, -0.2) is 14.4 Å². The lowest BCUT2D eigenvalue weighted by molar-refractivity contribution is -0.231. The van der Waals surface area contributed by atoms with Crippen LogP contribution < -0.4 is 10.1 Å². The number of para-hydroxylation sites is 1. The molecule has 3 heterocycles. The number of carbonyl (C=O) groups is 1. The normalized spacial score (nSPS) is 18.4. The van der Waals surface area contributed by atoms with Crippen LogP contribution in [0.4, 0.5) is 4.39 Å². The van der Waals surface area contributed by atoms with Crippen molar-refractivity contribution in [3.63, 3.8) is 0 Å². The molecule has 1 aliphatic heterocycles. The van der Waals surface area contributed by atoms with Gasteiger partial charge in [0.05, 0.1) is 35.7 Å². The molecule has 42 heavy (non-hydrogen) atoms. The van der Waals surface area contributed by atoms with Crippen LogP contribution in [0, 0.1) is 11.2 Å². The van der Waals surface area contributed by atoms with Crippen LogP contribution in [-0.4, -0.2) is 39.1 Å². The van der Waals surface area contributed by atoms with Crippen molar-refractivity contribution in [2.45, 2.75) is 19.8 Å². The molecule has 0 saturated carbocycles. The van der Waals surface area contributed by atoms with Crippen molar-refractivity contribution in [2.75, 3.05) is 13.2 Å². The van der Waals surface area contributed by atoms with Gasteiger partial charge in [0.1, 0.15) is 11.6 Å². The molecule has 0 aliphatic carbocycles. The molecule has 0 unspecified atom stereocenters. The van der Waals surface area contributed by atoms with Crippen LogP contribution in [-0.2, 0) is 20.8 Å². The Morgan fingerprint density at radius 1 is 0.976 bits per heavy atom. The molecule has 10 heteroatoms. The minimum Gasteiger partial charge on any atom is -0.424 e. The first-order chi connectivity index (χ1) is 20.5. The summed E-state index contributed by atoms with van der Waals surface area (Å²) < 4.78 is 31.6. The fourth-order valence-electron chi connectivity index (χ4n) is 4.52. The molecule has 3 aromatic carbocycles. The molecule has 0 bridgehead atoms. The van der Waals surface area contributed by atoms with E-state index in [1.165, 1.54) is 12.1 Å². The highest BCUT2D eigenvalue weighted by Gasteiger charge is 2.40. The number of nitrogens with zero attached hydrogens (tertiary/aromatic N) is 3. The zero-order chi connectivity index (χ0) is 28.9. The van der Waals surface area contributed by atoms with Gasteiger partial charge in [0.15, 0.2) is 5.82 Å². The number of aromatic nitrogens is 4. The lowest BCUT2D eigenvalue weighted by atomic mass is 9.91. The van der Waals surface area contributed by atoms with E-state index in [0.717, 1.165) is 5.56 Å². The van der Waals surface area contributed by atoms with Gasteiger partial charge in [-0.1, -0.05) is 48.5 Å². The minimum atomic E-state index is -0.878. The Labute approximate surface area is 241 Å². The summed E-state index contributed by atoms with van der Waals surface area (Å²) in [5, 5.41) is 2.97. The predicted octanol–water partition coefficient (Wildman–Crippen LogP) is 5.83. The molecule has 0 spiro atoms. The number of imidazole rings is 1. The number of benzene rings is 3. The summed E-state index contributed by atoms with van der Waals surface area (Å²) >= 11 is 0. The predicted molar refractivity (Wildman–Crippen MR) is 153 cm³/mol. The van der Waals surface area contributed by atoms with E-state index >= 15 is 0 Å². The van der Waals surface area contributed by atoms with Crippen molar-refractivity contribution in [2.24, 2.45) is 5.41 Å². The number of nitrogens with one attached hydrogen (secondary N) is 2. The number of aromatic amines is 1. The Balaban J connectivity index is 1.23. The van der Waals surface area contributed by atoms with E-state index < -0.39 is 11.7 Å². The fourth-order valence-corrected chi connectivity index (χ4v) is 4.52. The third-order valence-corrected chi connectivity index (χ3v) is 6.86. The summed E-state index contributed by atoms with van der Waals surface area (Å²) in [6.07, 6.45) is 0.734. The van der Waals surface area contributed by atoms with Crippen LogP contribution in [0.3, 0.4) is 0 Å². The van der Waals surface area contributed by atoms with Gasteiger partial charge >= 0.3 is 6.01 Å². The quantitative estimate of drug-likeness (QED) is 0.243. The minimum absolute atomic E-state index is 0.128. The van der Waals surface area contributed by atoms with Gasteiger partial charge in [-0.15, -0.1) is 0 Å². The van der Waals surface area contributed by atoms with Crippen molar-refractivity contribution < 1.29 is 23.4 Å². The van der Waals surface area contributed by atoms with Crippen LogP contribution in [0.1, 0.15) is 24.6 Å². The maximum atomic E-state index is 13.7. The third-order valence-electron chi connectivity index (χ3n) is 6.86. The number of hydrogen-bond acceptors (Lipinski definition) is 7. The van der Waals surface area contributed by atoms with Crippen molar-refractivity contribution in [1.29, 1.82) is 0 Å². The van der Waals surface area contributed by atoms with E-state index in [1.54, 1.807) is 31.3 Å². The van der Waals surface area contributed by atoms with Crippen molar-refractivity contribution in [1.82, 2.24) is 25.3 Å². The second-order valence-corrected chi connectivity index (χ2v) is 10.2. The lowest BCUT2D eigenvalue weighted by Crippen LogP contribution is -2.48. The van der Waals surface area contributed by atoms with Crippen LogP contribution in [0.2, 0.25) is 0 Å². The molecule has 9 nitrogen and oxygen atoms in total. The topological polar surface area (TPSA) is 111 Å². The van der Waals surface area contributed by atoms with Gasteiger partial charge in [0, 0.05) is 18.3 Å². The van der Waals surface area contributed by atoms with Gasteiger partial charge in [0.25, 0.3) is 0 Å². The first-order valence-electron chi connectivity index (χ1n) is 13.4. The molecular weight excluding hydrogens is 537 g/mol. The molecule has 1 saturated heterocycles. The molecule has 6 rings (SSSR count). The van der Waals surface area contributed by atoms with E-state index in [2.05, 4.69) is 20.3 Å². The Hall–Kier alpha value is -4.93. The van der Waals surface area contributed by atoms with E-state index in [0.29, 0.717) is 40.8 Å². The number of halogens is 1. The Kier molecular flexibility index (Phi) is 7.72. The summed E-state index contributed by atoms with van der Waals surface area (Å²) in [6, 6.07) is 26.8. The first kappa shape index (κ1) is 27.3. The Morgan fingerprint density at radius 3 is 2.38 bits per heavy atom. The molecule has 1 aliphatic rings. The van der Waals surface area contributed by atoms with E-state index in [1.807, 2.05) is 60.7 Å². The maximum Gasteiger partial charge on any atom is 0.322 e. The maximum absolute atomic E-state index is 13.7. The number of carbonyl (C=O) groups excluding carboxylic acids is 1. The highest BCUT2D eigenvalue weighted by molar-refractivity contribution is 5.82. The van der Waals surface area contributed by atoms with Crippen LogP contribution in [0.15, 0.2) is 97.2 Å². The molecule has 0 atom stereocenters. The molecule has 0 radical (unpaired) electrons. The zero-order valence-electron chi connectivity index (χ0n) is 22.8. The van der Waals surface area contributed by atoms with Crippen LogP contribution in [0.5, 0.6) is 11.8 Å². The van der Waals surface area contributed by atoms with Crippen molar-refractivity contribution >= 4 is 5.91 Å². The Morgan fingerprint density at radius 2 is 1.67 bits per heavy atom. The first-order valence-corrected chi connectivity index (χ1v) is 13.4. The largest absolute Gasteiger partial charge is 0.424 e. The van der Waals surface area contributed by atoms with Gasteiger partial charge in [-0.2, -0.15) is 4.98 Å². The number of amides is 1. The molecule has 2 aromatic heterocycles. The highest BCUT2D eigenvalue weighted by atomic mass is 19.1. The van der Waals surface area contributed by atoms with Gasteiger partial charge in [-0.05, 0) is 55.0 Å². The van der Waals surface area contributed by atoms with Crippen LogP contribution >= 0.6 is 0 Å². The zero-order valence-corrected chi connectivity index (χ0v) is 22.8. The third kappa shape index (κ3) is 6.04.